The van der Waals surface area contributed by atoms with Crippen molar-refractivity contribution in [1.29, 1.82) is 0 Å². The van der Waals surface area contributed by atoms with Gasteiger partial charge < -0.3 is 15.8 Å². The second-order valence-electron chi connectivity index (χ2n) is 6.11. The molecule has 0 saturated heterocycles. The number of amides is 1. The third-order valence-electron chi connectivity index (χ3n) is 4.45. The van der Waals surface area contributed by atoms with E-state index in [1.807, 2.05) is 0 Å². The second-order valence-corrected chi connectivity index (χ2v) is 6.11. The molecule has 3 N–H and O–H groups in total. The van der Waals surface area contributed by atoms with Crippen molar-refractivity contribution >= 4 is 5.91 Å². The predicted molar refractivity (Wildman–Crippen MR) is 75.8 cm³/mol. The van der Waals surface area contributed by atoms with Gasteiger partial charge in [-0.3, -0.25) is 4.79 Å². The largest absolute Gasteiger partial charge is 0.376 e. The molecule has 0 aliphatic heterocycles. The highest BCUT2D eigenvalue weighted by Crippen LogP contribution is 2.25. The maximum atomic E-state index is 11.8. The maximum absolute atomic E-state index is 11.8. The fourth-order valence-corrected chi connectivity index (χ4v) is 3.20. The molecule has 1 amide bonds. The Bertz CT molecular complexity index is 269. The van der Waals surface area contributed by atoms with Gasteiger partial charge in [0.2, 0.25) is 5.91 Å². The summed E-state index contributed by atoms with van der Waals surface area (Å²) in [4.78, 5) is 11.8. The van der Waals surface area contributed by atoms with Gasteiger partial charge in [0.25, 0.3) is 0 Å². The third-order valence-corrected chi connectivity index (χ3v) is 4.45. The van der Waals surface area contributed by atoms with Gasteiger partial charge in [-0.2, -0.15) is 0 Å². The zero-order valence-corrected chi connectivity index (χ0v) is 11.9. The van der Waals surface area contributed by atoms with Gasteiger partial charge in [0.05, 0.1) is 12.7 Å². The number of nitrogens with one attached hydrogen (secondary N) is 1. The molecule has 0 aromatic heterocycles. The molecule has 0 atom stereocenters. The number of carbonyl (C=O) groups excluding carboxylic acids is 1. The highest BCUT2D eigenvalue weighted by molar-refractivity contribution is 5.76. The van der Waals surface area contributed by atoms with E-state index >= 15 is 0 Å². The summed E-state index contributed by atoms with van der Waals surface area (Å²) < 4.78 is 5.73. The molecule has 0 bridgehead atoms. The molecule has 0 aromatic rings. The highest BCUT2D eigenvalue weighted by atomic mass is 16.5. The van der Waals surface area contributed by atoms with Gasteiger partial charge >= 0.3 is 0 Å². The Morgan fingerprint density at radius 1 is 1.11 bits per heavy atom. The van der Waals surface area contributed by atoms with E-state index in [0.717, 1.165) is 25.7 Å². The number of hydrogen-bond acceptors (Lipinski definition) is 3. The van der Waals surface area contributed by atoms with E-state index in [4.69, 9.17) is 10.5 Å². The first-order valence-electron chi connectivity index (χ1n) is 7.88. The minimum Gasteiger partial charge on any atom is -0.376 e. The van der Waals surface area contributed by atoms with Crippen LogP contribution in [-0.2, 0) is 9.53 Å². The molecule has 2 rings (SSSR count). The van der Waals surface area contributed by atoms with Gasteiger partial charge in [-0.05, 0) is 44.4 Å². The Morgan fingerprint density at radius 2 is 1.79 bits per heavy atom. The molecule has 2 fully saturated rings. The van der Waals surface area contributed by atoms with Crippen molar-refractivity contribution in [2.75, 3.05) is 13.2 Å². The van der Waals surface area contributed by atoms with Crippen LogP contribution in [0.1, 0.15) is 57.8 Å². The van der Waals surface area contributed by atoms with E-state index < -0.39 is 0 Å². The smallest absolute Gasteiger partial charge is 0.220 e. The standard InChI is InChI=1S/C15H28N2O2/c16-13-7-5-12(6-8-13)11-15(18)17-9-10-19-14-3-1-2-4-14/h12-14H,1-11,16H2,(H,17,18). The van der Waals surface area contributed by atoms with Crippen molar-refractivity contribution in [2.45, 2.75) is 69.9 Å². The number of hydrogen-bond donors (Lipinski definition) is 2. The molecule has 19 heavy (non-hydrogen) atoms. The van der Waals surface area contributed by atoms with Gasteiger partial charge in [0, 0.05) is 19.0 Å². The lowest BCUT2D eigenvalue weighted by Crippen LogP contribution is -2.32. The van der Waals surface area contributed by atoms with Crippen molar-refractivity contribution in [2.24, 2.45) is 11.7 Å². The molecule has 2 aliphatic rings. The zero-order valence-electron chi connectivity index (χ0n) is 11.9. The number of ether oxygens (including phenoxy) is 1. The lowest BCUT2D eigenvalue weighted by atomic mass is 9.84. The lowest BCUT2D eigenvalue weighted by Gasteiger charge is -2.25. The molecule has 2 aliphatic carbocycles. The summed E-state index contributed by atoms with van der Waals surface area (Å²) in [6.45, 7) is 1.31. The first kappa shape index (κ1) is 14.8. The van der Waals surface area contributed by atoms with Crippen LogP contribution < -0.4 is 11.1 Å². The van der Waals surface area contributed by atoms with Gasteiger partial charge in [-0.25, -0.2) is 0 Å². The Labute approximate surface area is 116 Å². The van der Waals surface area contributed by atoms with Crippen molar-refractivity contribution in [3.05, 3.63) is 0 Å². The normalized spacial score (nSPS) is 28.5. The lowest BCUT2D eigenvalue weighted by molar-refractivity contribution is -0.122. The summed E-state index contributed by atoms with van der Waals surface area (Å²) in [7, 11) is 0. The molecule has 0 unspecified atom stereocenters. The molecule has 2 saturated carbocycles. The molecule has 0 spiro atoms. The molecule has 0 aromatic carbocycles. The summed E-state index contributed by atoms with van der Waals surface area (Å²) in [5.41, 5.74) is 5.87. The summed E-state index contributed by atoms with van der Waals surface area (Å²) >= 11 is 0. The van der Waals surface area contributed by atoms with Crippen molar-refractivity contribution in [3.63, 3.8) is 0 Å². The summed E-state index contributed by atoms with van der Waals surface area (Å²) in [6, 6.07) is 0.360. The van der Waals surface area contributed by atoms with Crippen LogP contribution in [0.5, 0.6) is 0 Å². The van der Waals surface area contributed by atoms with Crippen molar-refractivity contribution < 1.29 is 9.53 Å². The Kier molecular flexibility index (Phi) is 6.11. The van der Waals surface area contributed by atoms with Gasteiger partial charge in [0.15, 0.2) is 0 Å². The van der Waals surface area contributed by atoms with E-state index in [-0.39, 0.29) is 5.91 Å². The van der Waals surface area contributed by atoms with E-state index in [1.165, 1.54) is 25.7 Å². The van der Waals surface area contributed by atoms with Crippen molar-refractivity contribution in [1.82, 2.24) is 5.32 Å². The number of rotatable bonds is 6. The zero-order chi connectivity index (χ0) is 13.5. The maximum Gasteiger partial charge on any atom is 0.220 e. The first-order chi connectivity index (χ1) is 9.24. The molecule has 110 valence electrons. The van der Waals surface area contributed by atoms with Crippen LogP contribution in [0.25, 0.3) is 0 Å². The Hall–Kier alpha value is -0.610. The third kappa shape index (κ3) is 5.49. The highest BCUT2D eigenvalue weighted by Gasteiger charge is 2.20. The van der Waals surface area contributed by atoms with Crippen LogP contribution >= 0.6 is 0 Å². The van der Waals surface area contributed by atoms with E-state index in [9.17, 15) is 4.79 Å². The van der Waals surface area contributed by atoms with Crippen LogP contribution in [-0.4, -0.2) is 31.2 Å². The predicted octanol–water partition coefficient (Wildman–Crippen LogP) is 1.97. The fourth-order valence-electron chi connectivity index (χ4n) is 3.20. The second kappa shape index (κ2) is 7.85. The van der Waals surface area contributed by atoms with Crippen LogP contribution in [0.3, 0.4) is 0 Å². The Balaban J connectivity index is 1.49. The first-order valence-corrected chi connectivity index (χ1v) is 7.88. The molecule has 4 heteroatoms. The monoisotopic (exact) mass is 268 g/mol. The van der Waals surface area contributed by atoms with E-state index in [1.54, 1.807) is 0 Å². The SMILES string of the molecule is NC1CCC(CC(=O)NCCOC2CCCC2)CC1. The van der Waals surface area contributed by atoms with Crippen LogP contribution in [0, 0.1) is 5.92 Å². The summed E-state index contributed by atoms with van der Waals surface area (Å²) in [5, 5.41) is 2.97. The molecular formula is C15H28N2O2. The van der Waals surface area contributed by atoms with Crippen LogP contribution in [0.15, 0.2) is 0 Å². The van der Waals surface area contributed by atoms with E-state index in [0.29, 0.717) is 37.6 Å². The quantitative estimate of drug-likeness (QED) is 0.724. The molecule has 0 radical (unpaired) electrons. The van der Waals surface area contributed by atoms with Crippen LogP contribution in [0.4, 0.5) is 0 Å². The van der Waals surface area contributed by atoms with Crippen LogP contribution in [0.2, 0.25) is 0 Å². The fraction of sp³-hybridized carbons (Fsp3) is 0.933. The number of nitrogens with two attached hydrogens (primary N) is 1. The molecular weight excluding hydrogens is 240 g/mol. The summed E-state index contributed by atoms with van der Waals surface area (Å²) in [6.07, 6.45) is 10.4. The number of carbonyl (C=O) groups is 1. The minimum absolute atomic E-state index is 0.176. The summed E-state index contributed by atoms with van der Waals surface area (Å²) in [5.74, 6) is 0.714. The topological polar surface area (TPSA) is 64.4 Å². The van der Waals surface area contributed by atoms with Gasteiger partial charge in [-0.15, -0.1) is 0 Å². The van der Waals surface area contributed by atoms with Crippen molar-refractivity contribution in [3.8, 4) is 0 Å². The average molecular weight is 268 g/mol. The Morgan fingerprint density at radius 3 is 2.47 bits per heavy atom. The molecule has 0 heterocycles. The minimum atomic E-state index is 0.176. The van der Waals surface area contributed by atoms with Gasteiger partial charge in [-0.1, -0.05) is 12.8 Å². The average Bonchev–Trinajstić information content (AvgIpc) is 2.91. The molecule has 4 nitrogen and oxygen atoms in total. The van der Waals surface area contributed by atoms with Gasteiger partial charge in [0.1, 0.15) is 0 Å². The van der Waals surface area contributed by atoms with E-state index in [2.05, 4.69) is 5.32 Å².